The van der Waals surface area contributed by atoms with Crippen molar-refractivity contribution in [3.05, 3.63) is 29.3 Å². The number of carbonyl (C=O) groups excluding carboxylic acids is 2. The summed E-state index contributed by atoms with van der Waals surface area (Å²) < 4.78 is 40.0. The second-order valence-corrected chi connectivity index (χ2v) is 13.5. The van der Waals surface area contributed by atoms with Gasteiger partial charge in [-0.2, -0.15) is 0 Å². The third kappa shape index (κ3) is 9.18. The van der Waals surface area contributed by atoms with Crippen LogP contribution in [0, 0.1) is 16.7 Å². The van der Waals surface area contributed by atoms with Crippen LogP contribution in [-0.2, 0) is 32.5 Å². The molecule has 1 N–H and O–H groups in total. The highest BCUT2D eigenvalue weighted by molar-refractivity contribution is 7.48. The number of phosphoric ester groups is 1. The first-order chi connectivity index (χ1) is 17.0. The number of hydrogen-bond acceptors (Lipinski definition) is 9. The molecular weight excluding hydrogens is 499 g/mol. The molecule has 10 heteroatoms. The average Bonchev–Trinajstić information content (AvgIpc) is 3.62. The standard InChI is InChI=1S/C27H43O9P/c1-17(2)20-11-10-12-21(18(3)19-13-14-19)22(20)32-15-34-37(31,35-16-33-25(30)27(7,8)9)36-24(29)23(28)26(4,5)6/h10-12,17-19,24,29H,13-16H2,1-9H3/t18-,24?,37?/m1/s1. The van der Waals surface area contributed by atoms with E-state index in [1.54, 1.807) is 41.5 Å². The lowest BCUT2D eigenvalue weighted by atomic mass is 9.90. The van der Waals surface area contributed by atoms with Gasteiger partial charge < -0.3 is 14.6 Å². The minimum Gasteiger partial charge on any atom is -0.466 e. The molecule has 1 aromatic rings. The molecule has 1 fully saturated rings. The molecule has 3 atom stereocenters. The van der Waals surface area contributed by atoms with Crippen LogP contribution in [0.5, 0.6) is 5.75 Å². The zero-order valence-corrected chi connectivity index (χ0v) is 24.4. The van der Waals surface area contributed by atoms with Gasteiger partial charge in [-0.25, -0.2) is 18.1 Å². The monoisotopic (exact) mass is 542 g/mol. The van der Waals surface area contributed by atoms with Crippen molar-refractivity contribution in [2.75, 3.05) is 13.6 Å². The van der Waals surface area contributed by atoms with E-state index < -0.39 is 50.3 Å². The molecular formula is C27H43O9P. The number of Topliss-reactive ketones (excluding diaryl/α,β-unsaturated/α-hetero) is 1. The maximum Gasteiger partial charge on any atom is 0.483 e. The summed E-state index contributed by atoms with van der Waals surface area (Å²) >= 11 is 0. The summed E-state index contributed by atoms with van der Waals surface area (Å²) in [6, 6.07) is 5.97. The SMILES string of the molecule is CC(C)c1cccc([C@H](C)C2CC2)c1OCOP(=O)(OCOC(=O)C(C)(C)C)OC(O)C(=O)C(C)(C)C. The first-order valence-corrected chi connectivity index (χ1v) is 14.1. The molecule has 1 aliphatic rings. The smallest absolute Gasteiger partial charge is 0.466 e. The predicted octanol–water partition coefficient (Wildman–Crippen LogP) is 6.30. The number of ether oxygens (including phenoxy) is 2. The summed E-state index contributed by atoms with van der Waals surface area (Å²) in [4.78, 5) is 24.5. The molecule has 9 nitrogen and oxygen atoms in total. The maximum atomic E-state index is 13.4. The Balaban J connectivity index is 2.20. The van der Waals surface area contributed by atoms with Gasteiger partial charge >= 0.3 is 13.8 Å². The van der Waals surface area contributed by atoms with Gasteiger partial charge in [-0.05, 0) is 62.5 Å². The van der Waals surface area contributed by atoms with Crippen LogP contribution in [0.2, 0.25) is 0 Å². The van der Waals surface area contributed by atoms with E-state index in [4.69, 9.17) is 23.0 Å². The molecule has 0 aromatic heterocycles. The molecule has 0 amide bonds. The first-order valence-electron chi connectivity index (χ1n) is 12.7. The molecule has 37 heavy (non-hydrogen) atoms. The fraction of sp³-hybridized carbons (Fsp3) is 0.704. The number of ketones is 1. The number of benzene rings is 1. The number of phosphoric acid groups is 1. The summed E-state index contributed by atoms with van der Waals surface area (Å²) in [5, 5.41) is 10.3. The second kappa shape index (κ2) is 12.4. The van der Waals surface area contributed by atoms with Crippen LogP contribution in [0.1, 0.15) is 98.1 Å². The largest absolute Gasteiger partial charge is 0.483 e. The van der Waals surface area contributed by atoms with Gasteiger partial charge in [0.05, 0.1) is 5.41 Å². The molecule has 0 spiro atoms. The Bertz CT molecular complexity index is 987. The summed E-state index contributed by atoms with van der Waals surface area (Å²) in [5.41, 5.74) is 0.182. The lowest BCUT2D eigenvalue weighted by molar-refractivity contribution is -0.164. The number of esters is 1. The summed E-state index contributed by atoms with van der Waals surface area (Å²) in [7, 11) is -4.60. The molecule has 210 valence electrons. The van der Waals surface area contributed by atoms with E-state index in [0.717, 1.165) is 24.0 Å². The zero-order chi connectivity index (χ0) is 28.2. The Hall–Kier alpha value is -1.77. The molecule has 0 aliphatic heterocycles. The predicted molar refractivity (Wildman–Crippen MR) is 139 cm³/mol. The van der Waals surface area contributed by atoms with E-state index in [1.165, 1.54) is 0 Å². The maximum absolute atomic E-state index is 13.4. The molecule has 2 unspecified atom stereocenters. The highest BCUT2D eigenvalue weighted by Crippen LogP contribution is 2.51. The van der Waals surface area contributed by atoms with Gasteiger partial charge in [-0.3, -0.25) is 9.59 Å². The van der Waals surface area contributed by atoms with Crippen molar-refractivity contribution in [2.24, 2.45) is 16.7 Å². The third-order valence-corrected chi connectivity index (χ3v) is 7.44. The van der Waals surface area contributed by atoms with Crippen molar-refractivity contribution in [1.29, 1.82) is 0 Å². The molecule has 1 saturated carbocycles. The van der Waals surface area contributed by atoms with Gasteiger partial charge in [-0.1, -0.05) is 59.7 Å². The van der Waals surface area contributed by atoms with Crippen molar-refractivity contribution in [1.82, 2.24) is 0 Å². The van der Waals surface area contributed by atoms with Gasteiger partial charge in [0.1, 0.15) is 5.75 Å². The number of aliphatic hydroxyl groups excluding tert-OH is 1. The lowest BCUT2D eigenvalue weighted by Gasteiger charge is -2.26. The Morgan fingerprint density at radius 3 is 2.05 bits per heavy atom. The van der Waals surface area contributed by atoms with Gasteiger partial charge in [0, 0.05) is 5.41 Å². The highest BCUT2D eigenvalue weighted by atomic mass is 31.2. The van der Waals surface area contributed by atoms with Gasteiger partial charge in [0.15, 0.2) is 12.6 Å². The number of hydrogen-bond donors (Lipinski definition) is 1. The quantitative estimate of drug-likeness (QED) is 0.174. The van der Waals surface area contributed by atoms with Crippen LogP contribution in [0.3, 0.4) is 0 Å². The number of aliphatic hydroxyl groups is 1. The average molecular weight is 543 g/mol. The van der Waals surface area contributed by atoms with Crippen LogP contribution in [-0.4, -0.2) is 36.7 Å². The van der Waals surface area contributed by atoms with Crippen LogP contribution in [0.4, 0.5) is 0 Å². The van der Waals surface area contributed by atoms with Crippen molar-refractivity contribution in [3.63, 3.8) is 0 Å². The fourth-order valence-electron chi connectivity index (χ4n) is 3.55. The zero-order valence-electron chi connectivity index (χ0n) is 23.5. The molecule has 1 aromatic carbocycles. The number of para-hydroxylation sites is 1. The Labute approximate surface area is 220 Å². The summed E-state index contributed by atoms with van der Waals surface area (Å²) in [6.45, 7) is 14.6. The van der Waals surface area contributed by atoms with Crippen molar-refractivity contribution >= 4 is 19.6 Å². The Morgan fingerprint density at radius 2 is 1.54 bits per heavy atom. The van der Waals surface area contributed by atoms with E-state index in [2.05, 4.69) is 6.92 Å². The normalized spacial score (nSPS) is 17.7. The first kappa shape index (κ1) is 31.4. The van der Waals surface area contributed by atoms with E-state index in [0.29, 0.717) is 11.7 Å². The lowest BCUT2D eigenvalue weighted by Crippen LogP contribution is -2.34. The molecule has 0 radical (unpaired) electrons. The van der Waals surface area contributed by atoms with E-state index in [1.807, 2.05) is 32.0 Å². The van der Waals surface area contributed by atoms with E-state index >= 15 is 0 Å². The third-order valence-electron chi connectivity index (χ3n) is 6.14. The minimum absolute atomic E-state index is 0.156. The summed E-state index contributed by atoms with van der Waals surface area (Å²) in [5.74, 6) is 0.317. The highest BCUT2D eigenvalue weighted by Gasteiger charge is 2.39. The number of carbonyl (C=O) groups is 2. The van der Waals surface area contributed by atoms with Gasteiger partial charge in [0.25, 0.3) is 0 Å². The molecule has 0 saturated heterocycles. The minimum atomic E-state index is -4.60. The van der Waals surface area contributed by atoms with Crippen LogP contribution >= 0.6 is 7.82 Å². The number of rotatable bonds is 13. The van der Waals surface area contributed by atoms with Crippen LogP contribution in [0.15, 0.2) is 18.2 Å². The Kier molecular flexibility index (Phi) is 10.5. The van der Waals surface area contributed by atoms with Crippen molar-refractivity contribution in [2.45, 2.75) is 93.3 Å². The van der Waals surface area contributed by atoms with Gasteiger partial charge in [-0.15, -0.1) is 0 Å². The molecule has 1 aliphatic carbocycles. The molecule has 0 bridgehead atoms. The molecule has 0 heterocycles. The Morgan fingerprint density at radius 1 is 0.973 bits per heavy atom. The second-order valence-electron chi connectivity index (χ2n) is 11.9. The van der Waals surface area contributed by atoms with Gasteiger partial charge in [0.2, 0.25) is 13.1 Å². The van der Waals surface area contributed by atoms with Crippen LogP contribution in [0.25, 0.3) is 0 Å². The van der Waals surface area contributed by atoms with Crippen molar-refractivity contribution < 1.29 is 42.3 Å². The van der Waals surface area contributed by atoms with Crippen molar-refractivity contribution in [3.8, 4) is 5.75 Å². The molecule has 2 rings (SSSR count). The summed E-state index contributed by atoms with van der Waals surface area (Å²) in [6.07, 6.45) is 0.234. The van der Waals surface area contributed by atoms with E-state index in [-0.39, 0.29) is 11.8 Å². The van der Waals surface area contributed by atoms with Crippen LogP contribution < -0.4 is 4.74 Å². The fourth-order valence-corrected chi connectivity index (χ4v) is 4.45. The van der Waals surface area contributed by atoms with E-state index in [9.17, 15) is 19.3 Å². The topological polar surface area (TPSA) is 118 Å².